The molecule has 0 radical (unpaired) electrons. The number of halogens is 6. The van der Waals surface area contributed by atoms with Crippen molar-refractivity contribution in [1.82, 2.24) is 14.6 Å². The van der Waals surface area contributed by atoms with Crippen molar-refractivity contribution in [2.45, 2.75) is 23.9 Å². The van der Waals surface area contributed by atoms with E-state index in [2.05, 4.69) is 10.3 Å². The molecular formula is C17H14F6N4O2S. The zero-order valence-electron chi connectivity index (χ0n) is 15.4. The highest BCUT2D eigenvalue weighted by Crippen LogP contribution is 2.46. The molecule has 0 aliphatic carbocycles. The van der Waals surface area contributed by atoms with Crippen molar-refractivity contribution < 1.29 is 34.8 Å². The number of pyridine rings is 1. The van der Waals surface area contributed by atoms with Crippen LogP contribution in [-0.4, -0.2) is 30.7 Å². The number of aromatic nitrogens is 1. The van der Waals surface area contributed by atoms with E-state index in [1.165, 1.54) is 0 Å². The van der Waals surface area contributed by atoms with Crippen LogP contribution in [0.3, 0.4) is 0 Å². The van der Waals surface area contributed by atoms with Gasteiger partial charge >= 0.3 is 6.18 Å². The second-order valence-electron chi connectivity index (χ2n) is 6.79. The fraction of sp³-hybridized carbons (Fsp3) is 0.294. The maximum absolute atomic E-state index is 14.6. The number of hydrogen-bond acceptors (Lipinski definition) is 4. The molecule has 1 aliphatic rings. The molecule has 162 valence electrons. The topological polar surface area (TPSA) is 86.2 Å². The Bertz CT molecular complexity index is 1100. The predicted molar refractivity (Wildman–Crippen MR) is 93.2 cm³/mol. The van der Waals surface area contributed by atoms with Gasteiger partial charge in [-0.1, -0.05) is 6.07 Å². The Morgan fingerprint density at radius 3 is 2.20 bits per heavy atom. The van der Waals surface area contributed by atoms with Crippen LogP contribution in [0.25, 0.3) is 0 Å². The number of hydrogen-bond donors (Lipinski definition) is 2. The maximum atomic E-state index is 14.6. The second kappa shape index (κ2) is 6.86. The minimum absolute atomic E-state index is 0.319. The van der Waals surface area contributed by atoms with Gasteiger partial charge in [0.15, 0.2) is 0 Å². The Morgan fingerprint density at radius 1 is 1.17 bits per heavy atom. The number of benzene rings is 1. The summed E-state index contributed by atoms with van der Waals surface area (Å²) in [7, 11) is -3.56. The average molecular weight is 452 g/mol. The number of alkyl halides is 3. The molecule has 2 aromatic rings. The van der Waals surface area contributed by atoms with E-state index in [1.54, 1.807) is 0 Å². The Kier molecular flexibility index (Phi) is 5.00. The lowest BCUT2D eigenvalue weighted by Crippen LogP contribution is -2.62. The lowest BCUT2D eigenvalue weighted by Gasteiger charge is -2.46. The molecule has 0 spiro atoms. The first-order valence-corrected chi connectivity index (χ1v) is 9.72. The zero-order chi connectivity index (χ0) is 22.6. The van der Waals surface area contributed by atoms with Crippen molar-refractivity contribution >= 4 is 16.0 Å². The fourth-order valence-electron chi connectivity index (χ4n) is 3.44. The van der Waals surface area contributed by atoms with E-state index in [9.17, 15) is 34.8 Å². The summed E-state index contributed by atoms with van der Waals surface area (Å²) < 4.78 is 108. The quantitative estimate of drug-likeness (QED) is 0.685. The Balaban J connectivity index is 2.29. The largest absolute Gasteiger partial charge is 0.433 e. The number of sulfonamides is 1. The van der Waals surface area contributed by atoms with Gasteiger partial charge in [-0.25, -0.2) is 25.9 Å². The van der Waals surface area contributed by atoms with Crippen LogP contribution < -0.4 is 5.32 Å². The normalized spacial score (nSPS) is 23.9. The molecular weight excluding hydrogens is 438 g/mol. The third kappa shape index (κ3) is 3.36. The van der Waals surface area contributed by atoms with Gasteiger partial charge in [0.1, 0.15) is 28.4 Å². The molecule has 30 heavy (non-hydrogen) atoms. The first-order chi connectivity index (χ1) is 13.7. The van der Waals surface area contributed by atoms with Crippen LogP contribution >= 0.6 is 0 Å². The first-order valence-electron chi connectivity index (χ1n) is 8.22. The Labute approximate surface area is 167 Å². The monoisotopic (exact) mass is 452 g/mol. The van der Waals surface area contributed by atoms with Crippen LogP contribution in [-0.2, 0) is 21.7 Å². The smallest absolute Gasteiger partial charge is 0.344 e. The molecule has 0 saturated carbocycles. The van der Waals surface area contributed by atoms with Crippen molar-refractivity contribution in [3.63, 3.8) is 0 Å². The molecule has 0 bridgehead atoms. The molecule has 2 N–H and O–H groups in total. The molecule has 6 nitrogen and oxygen atoms in total. The average Bonchev–Trinajstić information content (AvgIpc) is 2.58. The second-order valence-corrected chi connectivity index (χ2v) is 8.84. The molecule has 1 saturated heterocycles. The van der Waals surface area contributed by atoms with Gasteiger partial charge in [-0.2, -0.15) is 13.2 Å². The van der Waals surface area contributed by atoms with Crippen molar-refractivity contribution in [2.75, 3.05) is 7.05 Å². The van der Waals surface area contributed by atoms with E-state index in [1.807, 2.05) is 0 Å². The standard InChI is InChI=1S/C17H14F6N4O2S/c1-16(13-10(19)5-9(18)6-11(13)20)14(30(28,29)27(2)15(24)26-16)8-3-4-12(25-7-8)17(21,22)23/h3-7,14H,1-2H3,(H2,24,26)/t14-,16-/m1/s1. The molecule has 1 aromatic carbocycles. The van der Waals surface area contributed by atoms with Crippen molar-refractivity contribution in [3.05, 3.63) is 64.7 Å². The van der Waals surface area contributed by atoms with E-state index < -0.39 is 61.7 Å². The lowest BCUT2D eigenvalue weighted by atomic mass is 9.84. The number of guanidine groups is 1. The van der Waals surface area contributed by atoms with Gasteiger partial charge in [-0.15, -0.1) is 0 Å². The number of rotatable bonds is 2. The van der Waals surface area contributed by atoms with Crippen LogP contribution in [0, 0.1) is 22.9 Å². The molecule has 3 rings (SSSR count). The van der Waals surface area contributed by atoms with Gasteiger partial charge in [0.2, 0.25) is 16.0 Å². The van der Waals surface area contributed by atoms with Crippen molar-refractivity contribution in [3.8, 4) is 0 Å². The summed E-state index contributed by atoms with van der Waals surface area (Å²) in [6.45, 7) is 1.05. The highest BCUT2D eigenvalue weighted by molar-refractivity contribution is 7.90. The molecule has 1 fully saturated rings. The summed E-state index contributed by atoms with van der Waals surface area (Å²) in [5.41, 5.74) is -4.73. The Hall–Kier alpha value is -2.83. The highest BCUT2D eigenvalue weighted by atomic mass is 32.2. The fourth-order valence-corrected chi connectivity index (χ4v) is 5.31. The highest BCUT2D eigenvalue weighted by Gasteiger charge is 2.54. The number of nitrogens with zero attached hydrogens (tertiary/aromatic N) is 2. The predicted octanol–water partition coefficient (Wildman–Crippen LogP) is 3.27. The van der Waals surface area contributed by atoms with Crippen molar-refractivity contribution in [2.24, 2.45) is 0 Å². The summed E-state index contributed by atoms with van der Waals surface area (Å²) in [5.74, 6) is -4.85. The third-order valence-electron chi connectivity index (χ3n) is 4.80. The van der Waals surface area contributed by atoms with Gasteiger partial charge < -0.3 is 5.32 Å². The van der Waals surface area contributed by atoms with Gasteiger partial charge in [-0.05, 0) is 18.6 Å². The van der Waals surface area contributed by atoms with Crippen LogP contribution in [0.2, 0.25) is 0 Å². The van der Waals surface area contributed by atoms with Crippen LogP contribution in [0.4, 0.5) is 26.3 Å². The van der Waals surface area contributed by atoms with Gasteiger partial charge in [0.05, 0.1) is 11.1 Å². The molecule has 0 unspecified atom stereocenters. The molecule has 0 amide bonds. The van der Waals surface area contributed by atoms with Gasteiger partial charge in [0.25, 0.3) is 0 Å². The lowest BCUT2D eigenvalue weighted by molar-refractivity contribution is -0.141. The molecule has 1 aliphatic heterocycles. The Morgan fingerprint density at radius 2 is 1.73 bits per heavy atom. The summed E-state index contributed by atoms with van der Waals surface area (Å²) in [6.07, 6.45) is -4.16. The van der Waals surface area contributed by atoms with Gasteiger partial charge in [-0.3, -0.25) is 10.4 Å². The maximum Gasteiger partial charge on any atom is 0.433 e. The summed E-state index contributed by atoms with van der Waals surface area (Å²) in [6, 6.07) is 2.02. The summed E-state index contributed by atoms with van der Waals surface area (Å²) in [5, 5.41) is 8.35. The van der Waals surface area contributed by atoms with Crippen LogP contribution in [0.1, 0.15) is 29.0 Å². The van der Waals surface area contributed by atoms with Crippen LogP contribution in [0.5, 0.6) is 0 Å². The molecule has 1 aromatic heterocycles. The van der Waals surface area contributed by atoms with E-state index in [0.29, 0.717) is 28.7 Å². The zero-order valence-corrected chi connectivity index (χ0v) is 16.2. The van der Waals surface area contributed by atoms with Gasteiger partial charge in [0, 0.05) is 25.4 Å². The van der Waals surface area contributed by atoms with Crippen LogP contribution in [0.15, 0.2) is 30.5 Å². The SMILES string of the molecule is CN1C(=N)N[C@](C)(c2c(F)cc(F)cc2F)[C@@H](c2ccc(C(F)(F)F)nc2)S1(=O)=O. The summed E-state index contributed by atoms with van der Waals surface area (Å²) in [4.78, 5) is 3.22. The van der Waals surface area contributed by atoms with E-state index in [4.69, 9.17) is 5.41 Å². The molecule has 2 atom stereocenters. The van der Waals surface area contributed by atoms with E-state index in [-0.39, 0.29) is 5.56 Å². The van der Waals surface area contributed by atoms with Crippen molar-refractivity contribution in [1.29, 1.82) is 5.41 Å². The van der Waals surface area contributed by atoms with E-state index in [0.717, 1.165) is 20.0 Å². The minimum atomic E-state index is -4.79. The molecule has 2 heterocycles. The third-order valence-corrected chi connectivity index (χ3v) is 7.09. The number of nitrogens with one attached hydrogen (secondary N) is 2. The molecule has 13 heteroatoms. The van der Waals surface area contributed by atoms with E-state index >= 15 is 0 Å². The summed E-state index contributed by atoms with van der Waals surface area (Å²) >= 11 is 0. The minimum Gasteiger partial charge on any atom is -0.344 e. The first kappa shape index (κ1) is 21.9.